The second-order valence-corrected chi connectivity index (χ2v) is 5.82. The first-order valence-electron chi connectivity index (χ1n) is 8.07. The van der Waals surface area contributed by atoms with Gasteiger partial charge in [0.05, 0.1) is 17.9 Å². The second-order valence-electron chi connectivity index (χ2n) is 5.82. The summed E-state index contributed by atoms with van der Waals surface area (Å²) in [6.45, 7) is 1.91. The number of rotatable bonds is 4. The Morgan fingerprint density at radius 1 is 1.24 bits per heavy atom. The number of hydrogen-bond donors (Lipinski definition) is 2. The number of benzene rings is 1. The van der Waals surface area contributed by atoms with E-state index in [0.717, 1.165) is 31.6 Å². The van der Waals surface area contributed by atoms with Crippen LogP contribution in [0, 0.1) is 0 Å². The van der Waals surface area contributed by atoms with Crippen LogP contribution in [-0.2, 0) is 0 Å². The molecule has 0 radical (unpaired) electrons. The summed E-state index contributed by atoms with van der Waals surface area (Å²) in [5.41, 5.74) is 1.68. The van der Waals surface area contributed by atoms with E-state index >= 15 is 0 Å². The Morgan fingerprint density at radius 2 is 2.12 bits per heavy atom. The molecule has 1 aromatic carbocycles. The van der Waals surface area contributed by atoms with Gasteiger partial charge in [-0.3, -0.25) is 4.79 Å². The molecule has 1 amide bonds. The van der Waals surface area contributed by atoms with Crippen molar-refractivity contribution in [1.82, 2.24) is 40.5 Å². The van der Waals surface area contributed by atoms with E-state index in [2.05, 4.69) is 36.5 Å². The van der Waals surface area contributed by atoms with Crippen molar-refractivity contribution in [2.45, 2.75) is 18.9 Å². The fourth-order valence-electron chi connectivity index (χ4n) is 2.83. The standard InChI is InChI=1S/C15H17N9O/c25-15(14-9-23(21-19-14)12-4-6-16-7-5-12)18-11-2-1-3-13(8-11)24-10-17-20-22-24/h1-3,8-10,12,16H,4-7H2,(H,18,25). The highest BCUT2D eigenvalue weighted by atomic mass is 16.2. The van der Waals surface area contributed by atoms with Crippen molar-refractivity contribution in [3.63, 3.8) is 0 Å². The van der Waals surface area contributed by atoms with E-state index in [1.54, 1.807) is 23.0 Å². The molecular formula is C15H17N9O. The van der Waals surface area contributed by atoms with Gasteiger partial charge in [0, 0.05) is 5.69 Å². The highest BCUT2D eigenvalue weighted by molar-refractivity contribution is 6.02. The van der Waals surface area contributed by atoms with E-state index < -0.39 is 0 Å². The van der Waals surface area contributed by atoms with Gasteiger partial charge in [0.2, 0.25) is 0 Å². The molecule has 25 heavy (non-hydrogen) atoms. The number of aromatic nitrogens is 7. The van der Waals surface area contributed by atoms with Gasteiger partial charge >= 0.3 is 0 Å². The van der Waals surface area contributed by atoms with Crippen molar-refractivity contribution in [2.24, 2.45) is 0 Å². The summed E-state index contributed by atoms with van der Waals surface area (Å²) in [6.07, 6.45) is 5.17. The third kappa shape index (κ3) is 3.38. The number of nitrogens with one attached hydrogen (secondary N) is 2. The van der Waals surface area contributed by atoms with Gasteiger partial charge in [0.15, 0.2) is 5.69 Å². The van der Waals surface area contributed by atoms with Crippen molar-refractivity contribution in [2.75, 3.05) is 18.4 Å². The van der Waals surface area contributed by atoms with Gasteiger partial charge < -0.3 is 10.6 Å². The number of carbonyl (C=O) groups is 1. The summed E-state index contributed by atoms with van der Waals surface area (Å²) in [5.74, 6) is -0.297. The van der Waals surface area contributed by atoms with E-state index in [1.165, 1.54) is 11.0 Å². The third-order valence-electron chi connectivity index (χ3n) is 4.14. The average Bonchev–Trinajstić information content (AvgIpc) is 3.35. The first kappa shape index (κ1) is 15.4. The predicted octanol–water partition coefficient (Wildman–Crippen LogP) is 0.431. The topological polar surface area (TPSA) is 115 Å². The number of hydrogen-bond acceptors (Lipinski definition) is 7. The molecule has 0 spiro atoms. The molecule has 10 nitrogen and oxygen atoms in total. The molecule has 1 saturated heterocycles. The van der Waals surface area contributed by atoms with Gasteiger partial charge in [-0.25, -0.2) is 9.36 Å². The molecule has 3 heterocycles. The Balaban J connectivity index is 1.47. The summed E-state index contributed by atoms with van der Waals surface area (Å²) in [5, 5.41) is 25.3. The van der Waals surface area contributed by atoms with Crippen LogP contribution in [0.4, 0.5) is 5.69 Å². The molecule has 3 aromatic rings. The fraction of sp³-hybridized carbons (Fsp3) is 0.333. The predicted molar refractivity (Wildman–Crippen MR) is 88.3 cm³/mol. The zero-order valence-corrected chi connectivity index (χ0v) is 13.4. The van der Waals surface area contributed by atoms with E-state index in [1.807, 2.05) is 12.1 Å². The first-order valence-corrected chi connectivity index (χ1v) is 8.07. The molecule has 1 aliphatic heterocycles. The summed E-state index contributed by atoms with van der Waals surface area (Å²) >= 11 is 0. The van der Waals surface area contributed by atoms with Gasteiger partial charge in [-0.15, -0.1) is 10.2 Å². The lowest BCUT2D eigenvalue weighted by atomic mass is 10.1. The van der Waals surface area contributed by atoms with E-state index in [-0.39, 0.29) is 5.91 Å². The summed E-state index contributed by atoms with van der Waals surface area (Å²) in [4.78, 5) is 12.4. The van der Waals surface area contributed by atoms with Crippen LogP contribution in [0.2, 0.25) is 0 Å². The number of nitrogens with zero attached hydrogens (tertiary/aromatic N) is 7. The zero-order chi connectivity index (χ0) is 17.1. The lowest BCUT2D eigenvalue weighted by Gasteiger charge is -2.22. The Bertz CT molecular complexity index is 852. The zero-order valence-electron chi connectivity index (χ0n) is 13.4. The minimum absolute atomic E-state index is 0.290. The Labute approximate surface area is 143 Å². The van der Waals surface area contributed by atoms with Crippen LogP contribution >= 0.6 is 0 Å². The van der Waals surface area contributed by atoms with E-state index in [9.17, 15) is 4.79 Å². The third-order valence-corrected chi connectivity index (χ3v) is 4.14. The Kier molecular flexibility index (Phi) is 4.17. The van der Waals surface area contributed by atoms with Crippen LogP contribution in [0.15, 0.2) is 36.8 Å². The highest BCUT2D eigenvalue weighted by Gasteiger charge is 2.18. The quantitative estimate of drug-likeness (QED) is 0.708. The first-order chi connectivity index (χ1) is 12.3. The van der Waals surface area contributed by atoms with Crippen LogP contribution in [0.25, 0.3) is 5.69 Å². The molecule has 128 valence electrons. The van der Waals surface area contributed by atoms with Gasteiger partial charge in [0.25, 0.3) is 5.91 Å². The van der Waals surface area contributed by atoms with Crippen molar-refractivity contribution in [3.05, 3.63) is 42.5 Å². The molecule has 10 heteroatoms. The highest BCUT2D eigenvalue weighted by Crippen LogP contribution is 2.18. The van der Waals surface area contributed by atoms with Crippen LogP contribution < -0.4 is 10.6 Å². The van der Waals surface area contributed by atoms with Crippen molar-refractivity contribution in [3.8, 4) is 5.69 Å². The van der Waals surface area contributed by atoms with Gasteiger partial charge in [-0.1, -0.05) is 11.3 Å². The van der Waals surface area contributed by atoms with E-state index in [0.29, 0.717) is 17.4 Å². The molecule has 0 aliphatic carbocycles. The van der Waals surface area contributed by atoms with Crippen LogP contribution in [0.5, 0.6) is 0 Å². The van der Waals surface area contributed by atoms with Crippen molar-refractivity contribution in [1.29, 1.82) is 0 Å². The molecule has 1 fully saturated rings. The SMILES string of the molecule is O=C(Nc1cccc(-n2cnnn2)c1)c1cn(C2CCNCC2)nn1. The molecular weight excluding hydrogens is 322 g/mol. The fourth-order valence-corrected chi connectivity index (χ4v) is 2.83. The minimum atomic E-state index is -0.297. The van der Waals surface area contributed by atoms with Crippen molar-refractivity contribution < 1.29 is 4.79 Å². The molecule has 0 unspecified atom stereocenters. The number of tetrazole rings is 1. The summed E-state index contributed by atoms with van der Waals surface area (Å²) < 4.78 is 3.30. The number of piperidine rings is 1. The maximum Gasteiger partial charge on any atom is 0.277 e. The summed E-state index contributed by atoms with van der Waals surface area (Å²) in [6, 6.07) is 7.53. The number of carbonyl (C=O) groups excluding carboxylic acids is 1. The van der Waals surface area contributed by atoms with E-state index in [4.69, 9.17) is 0 Å². The lowest BCUT2D eigenvalue weighted by molar-refractivity contribution is 0.102. The van der Waals surface area contributed by atoms with Crippen molar-refractivity contribution >= 4 is 11.6 Å². The Hall–Kier alpha value is -3.14. The molecule has 2 N–H and O–H groups in total. The number of amides is 1. The maximum absolute atomic E-state index is 12.4. The lowest BCUT2D eigenvalue weighted by Crippen LogP contribution is -2.29. The molecule has 1 aliphatic rings. The van der Waals surface area contributed by atoms with Gasteiger partial charge in [-0.05, 0) is 54.6 Å². The molecule has 0 bridgehead atoms. The molecule has 4 rings (SSSR count). The van der Waals surface area contributed by atoms with Gasteiger partial charge in [0.1, 0.15) is 6.33 Å². The monoisotopic (exact) mass is 339 g/mol. The van der Waals surface area contributed by atoms with Gasteiger partial charge in [-0.2, -0.15) is 0 Å². The second kappa shape index (κ2) is 6.77. The Morgan fingerprint density at radius 3 is 2.92 bits per heavy atom. The minimum Gasteiger partial charge on any atom is -0.320 e. The molecule has 2 aromatic heterocycles. The maximum atomic E-state index is 12.4. The summed E-state index contributed by atoms with van der Waals surface area (Å²) in [7, 11) is 0. The normalized spacial score (nSPS) is 15.2. The molecule has 0 saturated carbocycles. The average molecular weight is 339 g/mol. The molecule has 0 atom stereocenters. The van der Waals surface area contributed by atoms with Crippen LogP contribution in [-0.4, -0.2) is 54.2 Å². The number of anilines is 1. The largest absolute Gasteiger partial charge is 0.320 e. The van der Waals surface area contributed by atoms with Crippen LogP contribution in [0.1, 0.15) is 29.4 Å². The van der Waals surface area contributed by atoms with Crippen LogP contribution in [0.3, 0.4) is 0 Å². The smallest absolute Gasteiger partial charge is 0.277 e.